The molecule has 1 aromatic heterocycles. The van der Waals surface area contributed by atoms with Crippen LogP contribution in [0.4, 0.5) is 5.69 Å². The Morgan fingerprint density at radius 3 is 2.38 bits per heavy atom. The fourth-order valence-corrected chi connectivity index (χ4v) is 3.14. The Hall–Kier alpha value is -1.43. The molecule has 1 N–H and O–H groups in total. The third-order valence-electron chi connectivity index (χ3n) is 3.90. The molecule has 1 rings (SSSR count). The van der Waals surface area contributed by atoms with Crippen LogP contribution in [0.2, 0.25) is 0 Å². The van der Waals surface area contributed by atoms with Crippen LogP contribution in [0.1, 0.15) is 58.3 Å². The van der Waals surface area contributed by atoms with Crippen molar-refractivity contribution >= 4 is 5.69 Å². The summed E-state index contributed by atoms with van der Waals surface area (Å²) >= 11 is 0. The van der Waals surface area contributed by atoms with Gasteiger partial charge in [-0.1, -0.05) is 34.1 Å². The van der Waals surface area contributed by atoms with Crippen LogP contribution in [0.5, 0.6) is 0 Å². The lowest BCUT2D eigenvalue weighted by molar-refractivity contribution is -0.386. The lowest BCUT2D eigenvalue weighted by Crippen LogP contribution is -2.35. The topological polar surface area (TPSA) is 73.0 Å². The highest BCUT2D eigenvalue weighted by Crippen LogP contribution is 2.36. The van der Waals surface area contributed by atoms with E-state index in [0.717, 1.165) is 18.7 Å². The quantitative estimate of drug-likeness (QED) is 0.591. The summed E-state index contributed by atoms with van der Waals surface area (Å²) < 4.78 is 1.71. The second-order valence-corrected chi connectivity index (χ2v) is 5.93. The molecule has 0 fully saturated rings. The molecule has 1 heterocycles. The number of aromatic nitrogens is 2. The molecule has 0 bridgehead atoms. The Kier molecular flexibility index (Phi) is 6.33. The van der Waals surface area contributed by atoms with Crippen LogP contribution >= 0.6 is 0 Å². The molecule has 0 aliphatic rings. The molecule has 21 heavy (non-hydrogen) atoms. The van der Waals surface area contributed by atoms with Gasteiger partial charge in [0.15, 0.2) is 0 Å². The van der Waals surface area contributed by atoms with Gasteiger partial charge in [-0.05, 0) is 25.8 Å². The highest BCUT2D eigenvalue weighted by atomic mass is 16.6. The lowest BCUT2D eigenvalue weighted by Gasteiger charge is -2.27. The van der Waals surface area contributed by atoms with Gasteiger partial charge in [0.05, 0.1) is 4.92 Å². The molecule has 1 aromatic rings. The number of hydrogen-bond donors (Lipinski definition) is 1. The fourth-order valence-electron chi connectivity index (χ4n) is 3.14. The molecular weight excluding hydrogens is 268 g/mol. The van der Waals surface area contributed by atoms with Crippen molar-refractivity contribution in [2.24, 2.45) is 13.0 Å². The number of nitrogens with zero attached hydrogens (tertiary/aromatic N) is 3. The monoisotopic (exact) mass is 296 g/mol. The van der Waals surface area contributed by atoms with Gasteiger partial charge >= 0.3 is 5.69 Å². The highest BCUT2D eigenvalue weighted by Gasteiger charge is 2.35. The van der Waals surface area contributed by atoms with Crippen molar-refractivity contribution < 1.29 is 4.92 Å². The second kappa shape index (κ2) is 7.54. The molecule has 0 aliphatic carbocycles. The first-order chi connectivity index (χ1) is 9.84. The molecule has 0 saturated heterocycles. The van der Waals surface area contributed by atoms with Gasteiger partial charge in [-0.2, -0.15) is 5.10 Å². The summed E-state index contributed by atoms with van der Waals surface area (Å²) in [5.41, 5.74) is 1.56. The normalized spacial score (nSPS) is 14.4. The predicted molar refractivity (Wildman–Crippen MR) is 84.6 cm³/mol. The van der Waals surface area contributed by atoms with E-state index in [1.165, 1.54) is 0 Å². The summed E-state index contributed by atoms with van der Waals surface area (Å²) in [4.78, 5) is 11.3. The maximum absolute atomic E-state index is 11.6. The number of rotatable bonds is 8. The standard InChI is InChI=1S/C15H28N4O2/c1-7-9-12-14(19(20)21)15(18(6)17-12)13(10(3)4)11(5)16-8-2/h10-11,13,16H,7-9H2,1-6H3. The van der Waals surface area contributed by atoms with Crippen molar-refractivity contribution in [3.63, 3.8) is 0 Å². The molecule has 0 amide bonds. The maximum atomic E-state index is 11.6. The first-order valence-electron chi connectivity index (χ1n) is 7.78. The molecule has 120 valence electrons. The van der Waals surface area contributed by atoms with E-state index in [1.54, 1.807) is 4.68 Å². The van der Waals surface area contributed by atoms with E-state index in [0.29, 0.717) is 18.0 Å². The molecular formula is C15H28N4O2. The Balaban J connectivity index is 3.39. The second-order valence-electron chi connectivity index (χ2n) is 5.93. The summed E-state index contributed by atoms with van der Waals surface area (Å²) in [6.45, 7) is 11.2. The van der Waals surface area contributed by atoms with E-state index in [9.17, 15) is 10.1 Å². The van der Waals surface area contributed by atoms with E-state index in [2.05, 4.69) is 31.2 Å². The summed E-state index contributed by atoms with van der Waals surface area (Å²) in [6.07, 6.45) is 1.50. The Morgan fingerprint density at radius 2 is 1.95 bits per heavy atom. The van der Waals surface area contributed by atoms with Crippen LogP contribution in [0.15, 0.2) is 0 Å². The molecule has 0 radical (unpaired) electrons. The van der Waals surface area contributed by atoms with E-state index < -0.39 is 0 Å². The highest BCUT2D eigenvalue weighted by molar-refractivity contribution is 5.44. The van der Waals surface area contributed by atoms with Crippen molar-refractivity contribution in [1.29, 1.82) is 0 Å². The Morgan fingerprint density at radius 1 is 1.33 bits per heavy atom. The van der Waals surface area contributed by atoms with E-state index in [1.807, 2.05) is 20.9 Å². The third kappa shape index (κ3) is 3.81. The summed E-state index contributed by atoms with van der Waals surface area (Å²) in [6, 6.07) is 0.165. The molecule has 2 unspecified atom stereocenters. The SMILES string of the molecule is CCCc1nn(C)c(C(C(C)C)C(C)NCC)c1[N+](=O)[O-]. The zero-order valence-corrected chi connectivity index (χ0v) is 14.0. The van der Waals surface area contributed by atoms with Gasteiger partial charge < -0.3 is 5.32 Å². The Bertz CT molecular complexity index is 482. The average Bonchev–Trinajstić information content (AvgIpc) is 2.67. The van der Waals surface area contributed by atoms with Crippen LogP contribution in [0.25, 0.3) is 0 Å². The summed E-state index contributed by atoms with van der Waals surface area (Å²) in [5, 5.41) is 19.4. The van der Waals surface area contributed by atoms with E-state index in [4.69, 9.17) is 0 Å². The molecule has 0 aliphatic heterocycles. The van der Waals surface area contributed by atoms with Crippen molar-refractivity contribution in [3.8, 4) is 0 Å². The van der Waals surface area contributed by atoms with E-state index in [-0.39, 0.29) is 22.6 Å². The largest absolute Gasteiger partial charge is 0.314 e. The fraction of sp³-hybridized carbons (Fsp3) is 0.800. The first kappa shape index (κ1) is 17.6. The van der Waals surface area contributed by atoms with Gasteiger partial charge in [0.25, 0.3) is 0 Å². The number of nitrogens with one attached hydrogen (secondary N) is 1. The Labute approximate surface area is 127 Å². The number of hydrogen-bond acceptors (Lipinski definition) is 4. The number of nitro groups is 1. The lowest BCUT2D eigenvalue weighted by atomic mass is 9.85. The van der Waals surface area contributed by atoms with Crippen molar-refractivity contribution in [2.75, 3.05) is 6.54 Å². The van der Waals surface area contributed by atoms with Crippen LogP contribution in [-0.4, -0.2) is 27.3 Å². The van der Waals surface area contributed by atoms with Gasteiger partial charge in [-0.3, -0.25) is 14.8 Å². The molecule has 2 atom stereocenters. The van der Waals surface area contributed by atoms with Crippen LogP contribution in [0, 0.1) is 16.0 Å². The van der Waals surface area contributed by atoms with Gasteiger partial charge in [-0.25, -0.2) is 0 Å². The van der Waals surface area contributed by atoms with Gasteiger partial charge in [0.2, 0.25) is 0 Å². The van der Waals surface area contributed by atoms with Gasteiger partial charge in [0, 0.05) is 19.0 Å². The third-order valence-corrected chi connectivity index (χ3v) is 3.90. The minimum absolute atomic E-state index is 0.0634. The van der Waals surface area contributed by atoms with Crippen molar-refractivity contribution in [3.05, 3.63) is 21.5 Å². The minimum Gasteiger partial charge on any atom is -0.314 e. The number of aryl methyl sites for hydroxylation is 2. The molecule has 0 saturated carbocycles. The zero-order valence-electron chi connectivity index (χ0n) is 14.0. The maximum Gasteiger partial charge on any atom is 0.313 e. The molecule has 0 spiro atoms. The predicted octanol–water partition coefficient (Wildman–Crippen LogP) is 3.02. The molecule has 0 aromatic carbocycles. The van der Waals surface area contributed by atoms with Crippen LogP contribution in [0.3, 0.4) is 0 Å². The first-order valence-corrected chi connectivity index (χ1v) is 7.78. The van der Waals surface area contributed by atoms with Gasteiger partial charge in [-0.15, -0.1) is 0 Å². The molecule has 6 heteroatoms. The van der Waals surface area contributed by atoms with Crippen molar-refractivity contribution in [2.45, 2.75) is 59.4 Å². The van der Waals surface area contributed by atoms with Crippen molar-refractivity contribution in [1.82, 2.24) is 15.1 Å². The zero-order chi connectivity index (χ0) is 16.2. The molecule has 6 nitrogen and oxygen atoms in total. The smallest absolute Gasteiger partial charge is 0.313 e. The van der Waals surface area contributed by atoms with Crippen LogP contribution < -0.4 is 5.32 Å². The summed E-state index contributed by atoms with van der Waals surface area (Å²) in [5.74, 6) is 0.357. The number of likely N-dealkylation sites (N-methyl/N-ethyl adjacent to an activating group) is 1. The average molecular weight is 296 g/mol. The van der Waals surface area contributed by atoms with Gasteiger partial charge in [0.1, 0.15) is 11.4 Å². The van der Waals surface area contributed by atoms with E-state index >= 15 is 0 Å². The van der Waals surface area contributed by atoms with Crippen LogP contribution in [-0.2, 0) is 13.5 Å². The summed E-state index contributed by atoms with van der Waals surface area (Å²) in [7, 11) is 1.82. The minimum atomic E-state index is -0.263.